The van der Waals surface area contributed by atoms with Gasteiger partial charge in [0.15, 0.2) is 11.9 Å². The van der Waals surface area contributed by atoms with Crippen LogP contribution in [-0.4, -0.2) is 17.8 Å². The second-order valence-corrected chi connectivity index (χ2v) is 6.08. The molecule has 2 rings (SSSR count). The lowest BCUT2D eigenvalue weighted by molar-refractivity contribution is -0.122. The molecule has 5 heteroatoms. The van der Waals surface area contributed by atoms with E-state index in [2.05, 4.69) is 27.9 Å². The van der Waals surface area contributed by atoms with E-state index in [0.29, 0.717) is 11.3 Å². The lowest BCUT2D eigenvalue weighted by Gasteiger charge is -2.15. The number of ether oxygens (including phenoxy) is 1. The zero-order valence-corrected chi connectivity index (χ0v) is 14.5. The summed E-state index contributed by atoms with van der Waals surface area (Å²) in [4.78, 5) is 23.3. The summed E-state index contributed by atoms with van der Waals surface area (Å²) >= 11 is 2.20. The minimum absolute atomic E-state index is 0.00366. The van der Waals surface area contributed by atoms with Crippen LogP contribution < -0.4 is 10.1 Å². The largest absolute Gasteiger partial charge is 0.481 e. The number of rotatable bonds is 5. The molecule has 0 unspecified atom stereocenters. The van der Waals surface area contributed by atoms with E-state index in [4.69, 9.17) is 4.74 Å². The molecule has 4 nitrogen and oxygen atoms in total. The number of hydrogen-bond donors (Lipinski definition) is 1. The molecule has 0 saturated heterocycles. The molecule has 1 atom stereocenters. The molecule has 0 spiro atoms. The molecular weight excluding hydrogens is 393 g/mol. The number of amides is 1. The van der Waals surface area contributed by atoms with Crippen molar-refractivity contribution in [3.63, 3.8) is 0 Å². The van der Waals surface area contributed by atoms with Crippen molar-refractivity contribution < 1.29 is 14.3 Å². The lowest BCUT2D eigenvalue weighted by Crippen LogP contribution is -2.30. The number of anilines is 1. The van der Waals surface area contributed by atoms with Crippen molar-refractivity contribution in [2.75, 3.05) is 5.32 Å². The first-order valence-corrected chi connectivity index (χ1v) is 7.87. The molecule has 2 aromatic rings. The van der Waals surface area contributed by atoms with Gasteiger partial charge in [-0.2, -0.15) is 0 Å². The minimum atomic E-state index is -0.637. The van der Waals surface area contributed by atoms with Gasteiger partial charge < -0.3 is 10.1 Å². The molecule has 0 saturated carbocycles. The van der Waals surface area contributed by atoms with Gasteiger partial charge in [-0.15, -0.1) is 0 Å². The summed E-state index contributed by atoms with van der Waals surface area (Å²) in [6.07, 6.45) is -0.637. The molecule has 22 heavy (non-hydrogen) atoms. The van der Waals surface area contributed by atoms with Gasteiger partial charge in [0.1, 0.15) is 5.75 Å². The third-order valence-corrected chi connectivity index (χ3v) is 3.77. The molecule has 0 fully saturated rings. The van der Waals surface area contributed by atoms with Crippen LogP contribution in [0, 0.1) is 3.57 Å². The molecule has 0 bridgehead atoms. The smallest absolute Gasteiger partial charge is 0.265 e. The third kappa shape index (κ3) is 4.56. The Hall–Kier alpha value is -1.89. The fourth-order valence-electron chi connectivity index (χ4n) is 1.80. The van der Waals surface area contributed by atoms with E-state index < -0.39 is 6.10 Å². The maximum atomic E-state index is 12.1. The van der Waals surface area contributed by atoms with Crippen molar-refractivity contribution >= 4 is 40.0 Å². The van der Waals surface area contributed by atoms with Crippen LogP contribution in [0.2, 0.25) is 0 Å². The molecule has 1 amide bonds. The zero-order chi connectivity index (χ0) is 16.1. The Morgan fingerprint density at radius 3 is 2.18 bits per heavy atom. The van der Waals surface area contributed by atoms with Gasteiger partial charge in [0.25, 0.3) is 5.91 Å². The van der Waals surface area contributed by atoms with Gasteiger partial charge in [0, 0.05) is 14.8 Å². The molecule has 0 aromatic heterocycles. The number of benzene rings is 2. The second-order valence-electron chi connectivity index (χ2n) is 4.84. The summed E-state index contributed by atoms with van der Waals surface area (Å²) in [7, 11) is 0. The van der Waals surface area contributed by atoms with Gasteiger partial charge in [-0.1, -0.05) is 0 Å². The Morgan fingerprint density at radius 2 is 1.64 bits per heavy atom. The molecule has 0 aliphatic heterocycles. The van der Waals surface area contributed by atoms with E-state index >= 15 is 0 Å². The standard InChI is InChI=1S/C17H16INO3/c1-11(20)13-3-9-16(10-4-13)22-12(2)17(21)19-15-7-5-14(18)6-8-15/h3-10,12H,1-2H3,(H,19,21)/t12-/m0/s1. The summed E-state index contributed by atoms with van der Waals surface area (Å²) in [5.74, 6) is 0.322. The third-order valence-electron chi connectivity index (χ3n) is 3.05. The molecular formula is C17H16INO3. The summed E-state index contributed by atoms with van der Waals surface area (Å²) in [6.45, 7) is 3.19. The van der Waals surface area contributed by atoms with Crippen LogP contribution in [0.3, 0.4) is 0 Å². The summed E-state index contributed by atoms with van der Waals surface area (Å²) in [5.41, 5.74) is 1.34. The van der Waals surface area contributed by atoms with Gasteiger partial charge in [0.05, 0.1) is 0 Å². The molecule has 114 valence electrons. The lowest BCUT2D eigenvalue weighted by atomic mass is 10.1. The first-order chi connectivity index (χ1) is 10.5. The predicted molar refractivity (Wildman–Crippen MR) is 94.3 cm³/mol. The fourth-order valence-corrected chi connectivity index (χ4v) is 2.16. The van der Waals surface area contributed by atoms with Crippen molar-refractivity contribution in [3.05, 3.63) is 57.7 Å². The van der Waals surface area contributed by atoms with E-state index in [9.17, 15) is 9.59 Å². The minimum Gasteiger partial charge on any atom is -0.481 e. The van der Waals surface area contributed by atoms with Crippen LogP contribution in [-0.2, 0) is 4.79 Å². The number of ketones is 1. The highest BCUT2D eigenvalue weighted by Crippen LogP contribution is 2.16. The van der Waals surface area contributed by atoms with Crippen molar-refractivity contribution in [2.24, 2.45) is 0 Å². The maximum Gasteiger partial charge on any atom is 0.265 e. The topological polar surface area (TPSA) is 55.4 Å². The highest BCUT2D eigenvalue weighted by Gasteiger charge is 2.15. The van der Waals surface area contributed by atoms with Gasteiger partial charge >= 0.3 is 0 Å². The van der Waals surface area contributed by atoms with Crippen molar-refractivity contribution in [1.82, 2.24) is 0 Å². The molecule has 0 aliphatic rings. The average Bonchev–Trinajstić information content (AvgIpc) is 2.50. The SMILES string of the molecule is CC(=O)c1ccc(O[C@@H](C)C(=O)Nc2ccc(I)cc2)cc1. The first-order valence-electron chi connectivity index (χ1n) is 6.80. The predicted octanol–water partition coefficient (Wildman–Crippen LogP) is 3.90. The number of halogens is 1. The summed E-state index contributed by atoms with van der Waals surface area (Å²) < 4.78 is 6.68. The van der Waals surface area contributed by atoms with E-state index in [1.165, 1.54) is 6.92 Å². The van der Waals surface area contributed by atoms with Crippen molar-refractivity contribution in [2.45, 2.75) is 20.0 Å². The number of carbonyl (C=O) groups is 2. The van der Waals surface area contributed by atoms with E-state index in [1.807, 2.05) is 24.3 Å². The highest BCUT2D eigenvalue weighted by atomic mass is 127. The zero-order valence-electron chi connectivity index (χ0n) is 12.3. The van der Waals surface area contributed by atoms with Crippen molar-refractivity contribution in [3.8, 4) is 5.75 Å². The second kappa shape index (κ2) is 7.40. The van der Waals surface area contributed by atoms with Gasteiger partial charge in [0.2, 0.25) is 0 Å². The van der Waals surface area contributed by atoms with Crippen LogP contribution in [0.15, 0.2) is 48.5 Å². The van der Waals surface area contributed by atoms with Crippen LogP contribution in [0.1, 0.15) is 24.2 Å². The van der Waals surface area contributed by atoms with Gasteiger partial charge in [-0.3, -0.25) is 9.59 Å². The van der Waals surface area contributed by atoms with Gasteiger partial charge in [-0.05, 0) is 85.0 Å². The molecule has 1 N–H and O–H groups in total. The van der Waals surface area contributed by atoms with Crippen LogP contribution in [0.5, 0.6) is 5.75 Å². The average molecular weight is 409 g/mol. The molecule has 2 aromatic carbocycles. The number of nitrogens with one attached hydrogen (secondary N) is 1. The Labute approximate surface area is 143 Å². The molecule has 0 radical (unpaired) electrons. The fraction of sp³-hybridized carbons (Fsp3) is 0.176. The maximum absolute atomic E-state index is 12.1. The van der Waals surface area contributed by atoms with E-state index in [1.54, 1.807) is 31.2 Å². The number of carbonyl (C=O) groups excluding carboxylic acids is 2. The van der Waals surface area contributed by atoms with E-state index in [-0.39, 0.29) is 11.7 Å². The monoisotopic (exact) mass is 409 g/mol. The summed E-state index contributed by atoms with van der Waals surface area (Å²) in [5, 5.41) is 2.80. The normalized spacial score (nSPS) is 11.6. The van der Waals surface area contributed by atoms with Crippen LogP contribution in [0.25, 0.3) is 0 Å². The Bertz CT molecular complexity index is 665. The van der Waals surface area contributed by atoms with Gasteiger partial charge in [-0.25, -0.2) is 0 Å². The summed E-state index contributed by atoms with van der Waals surface area (Å²) in [6, 6.07) is 14.3. The van der Waals surface area contributed by atoms with Crippen LogP contribution in [0.4, 0.5) is 5.69 Å². The highest BCUT2D eigenvalue weighted by molar-refractivity contribution is 14.1. The number of Topliss-reactive ketones (excluding diaryl/α,β-unsaturated/α-hetero) is 1. The van der Waals surface area contributed by atoms with E-state index in [0.717, 1.165) is 9.26 Å². The Morgan fingerprint density at radius 1 is 1.05 bits per heavy atom. The molecule has 0 aliphatic carbocycles. The Kier molecular flexibility index (Phi) is 5.54. The number of hydrogen-bond acceptors (Lipinski definition) is 3. The quantitative estimate of drug-likeness (QED) is 0.602. The first kappa shape index (κ1) is 16.5. The Balaban J connectivity index is 1.95. The van der Waals surface area contributed by atoms with Crippen LogP contribution >= 0.6 is 22.6 Å². The molecule has 0 heterocycles. The van der Waals surface area contributed by atoms with Crippen molar-refractivity contribution in [1.29, 1.82) is 0 Å².